The first-order chi connectivity index (χ1) is 10.3. The molecular weight excluding hydrogens is 310 g/mol. The van der Waals surface area contributed by atoms with Gasteiger partial charge in [0.2, 0.25) is 5.91 Å². The molecule has 22 heavy (non-hydrogen) atoms. The van der Waals surface area contributed by atoms with E-state index in [2.05, 4.69) is 10.6 Å². The van der Waals surface area contributed by atoms with E-state index in [4.69, 9.17) is 22.1 Å². The fourth-order valence-electron chi connectivity index (χ4n) is 1.49. The van der Waals surface area contributed by atoms with Crippen LogP contribution in [0.25, 0.3) is 0 Å². The Hall–Kier alpha value is -2.28. The molecule has 0 radical (unpaired) electrons. The number of rotatable bonds is 6. The van der Waals surface area contributed by atoms with Crippen molar-refractivity contribution in [1.29, 1.82) is 0 Å². The second kappa shape index (κ2) is 8.23. The molecule has 0 spiro atoms. The maximum absolute atomic E-state index is 11.7. The van der Waals surface area contributed by atoms with Crippen LogP contribution in [0.5, 0.6) is 0 Å². The van der Waals surface area contributed by atoms with E-state index < -0.39 is 18.5 Å². The Bertz CT molecular complexity index is 575. The molecule has 0 unspecified atom stereocenters. The molecule has 1 aromatic carbocycles. The third kappa shape index (κ3) is 6.01. The predicted molar refractivity (Wildman–Crippen MR) is 82.4 cm³/mol. The van der Waals surface area contributed by atoms with E-state index in [9.17, 15) is 14.4 Å². The fourth-order valence-corrected chi connectivity index (χ4v) is 1.61. The van der Waals surface area contributed by atoms with Gasteiger partial charge in [-0.1, -0.05) is 11.6 Å². The summed E-state index contributed by atoms with van der Waals surface area (Å²) < 4.78 is 4.82. The molecule has 1 rings (SSSR count). The van der Waals surface area contributed by atoms with Crippen LogP contribution in [0.15, 0.2) is 18.2 Å². The lowest BCUT2D eigenvalue weighted by Crippen LogP contribution is -2.41. The molecule has 0 aliphatic rings. The highest BCUT2D eigenvalue weighted by Gasteiger charge is 2.12. The number of esters is 1. The number of nitrogens with two attached hydrogens (primary N) is 1. The lowest BCUT2D eigenvalue weighted by atomic mass is 10.2. The van der Waals surface area contributed by atoms with E-state index in [1.807, 2.05) is 0 Å². The van der Waals surface area contributed by atoms with Crippen molar-refractivity contribution >= 4 is 35.1 Å². The number of carbonyl (C=O) groups is 3. The van der Waals surface area contributed by atoms with Gasteiger partial charge < -0.3 is 21.1 Å². The first-order valence-corrected chi connectivity index (χ1v) is 6.95. The summed E-state index contributed by atoms with van der Waals surface area (Å²) in [6.07, 6.45) is 0. The van der Waals surface area contributed by atoms with Gasteiger partial charge in [-0.05, 0) is 32.0 Å². The average molecular weight is 328 g/mol. The highest BCUT2D eigenvalue weighted by atomic mass is 35.5. The first kappa shape index (κ1) is 17.8. The number of anilines is 1. The minimum atomic E-state index is -0.704. The summed E-state index contributed by atoms with van der Waals surface area (Å²) in [5.74, 6) is -1.60. The van der Waals surface area contributed by atoms with Gasteiger partial charge in [0, 0.05) is 6.04 Å². The second-order valence-corrected chi connectivity index (χ2v) is 5.22. The van der Waals surface area contributed by atoms with Crippen LogP contribution in [-0.2, 0) is 14.3 Å². The van der Waals surface area contributed by atoms with E-state index in [1.54, 1.807) is 13.8 Å². The SMILES string of the molecule is CC(C)NC(=O)CNC(=O)COC(=O)c1ccc(Cl)c(N)c1. The van der Waals surface area contributed by atoms with Crippen LogP contribution >= 0.6 is 11.6 Å². The molecule has 2 amide bonds. The Morgan fingerprint density at radius 2 is 1.95 bits per heavy atom. The monoisotopic (exact) mass is 327 g/mol. The van der Waals surface area contributed by atoms with Crippen molar-refractivity contribution in [3.63, 3.8) is 0 Å². The normalized spacial score (nSPS) is 10.2. The van der Waals surface area contributed by atoms with Crippen LogP contribution < -0.4 is 16.4 Å². The molecule has 120 valence electrons. The molecular formula is C14H18ClN3O4. The maximum atomic E-state index is 11.7. The summed E-state index contributed by atoms with van der Waals surface area (Å²) in [4.78, 5) is 34.5. The zero-order valence-corrected chi connectivity index (χ0v) is 13.1. The number of carbonyl (C=O) groups excluding carboxylic acids is 3. The van der Waals surface area contributed by atoms with Crippen LogP contribution in [0.4, 0.5) is 5.69 Å². The number of hydrogen-bond acceptors (Lipinski definition) is 5. The largest absolute Gasteiger partial charge is 0.452 e. The van der Waals surface area contributed by atoms with Crippen LogP contribution in [0, 0.1) is 0 Å². The molecule has 0 saturated carbocycles. The third-order valence-corrected chi connectivity index (χ3v) is 2.81. The fraction of sp³-hybridized carbons (Fsp3) is 0.357. The molecule has 0 saturated heterocycles. The Morgan fingerprint density at radius 3 is 2.55 bits per heavy atom. The van der Waals surface area contributed by atoms with E-state index in [0.717, 1.165) is 0 Å². The zero-order chi connectivity index (χ0) is 16.7. The van der Waals surface area contributed by atoms with Gasteiger partial charge in [0.05, 0.1) is 22.8 Å². The summed E-state index contributed by atoms with van der Waals surface area (Å²) in [7, 11) is 0. The lowest BCUT2D eigenvalue weighted by Gasteiger charge is -2.09. The van der Waals surface area contributed by atoms with Gasteiger partial charge >= 0.3 is 5.97 Å². The Balaban J connectivity index is 2.38. The van der Waals surface area contributed by atoms with Gasteiger partial charge in [0.1, 0.15) is 0 Å². The van der Waals surface area contributed by atoms with E-state index in [0.29, 0.717) is 5.02 Å². The number of nitrogens with one attached hydrogen (secondary N) is 2. The van der Waals surface area contributed by atoms with Crippen LogP contribution in [0.1, 0.15) is 24.2 Å². The molecule has 7 nitrogen and oxygen atoms in total. The molecule has 0 atom stereocenters. The summed E-state index contributed by atoms with van der Waals surface area (Å²) in [6, 6.07) is 4.25. The quantitative estimate of drug-likeness (QED) is 0.526. The molecule has 0 aliphatic carbocycles. The Kier molecular flexibility index (Phi) is 6.65. The van der Waals surface area contributed by atoms with Gasteiger partial charge in [-0.15, -0.1) is 0 Å². The number of halogens is 1. The van der Waals surface area contributed by atoms with Crippen LogP contribution in [-0.4, -0.2) is 37.0 Å². The van der Waals surface area contributed by atoms with Crippen LogP contribution in [0.3, 0.4) is 0 Å². The Morgan fingerprint density at radius 1 is 1.27 bits per heavy atom. The summed E-state index contributed by atoms with van der Waals surface area (Å²) in [5.41, 5.74) is 6.00. The summed E-state index contributed by atoms with van der Waals surface area (Å²) in [5, 5.41) is 5.28. The molecule has 0 fully saturated rings. The molecule has 0 bridgehead atoms. The minimum Gasteiger partial charge on any atom is -0.452 e. The molecule has 0 aliphatic heterocycles. The number of amides is 2. The maximum Gasteiger partial charge on any atom is 0.338 e. The standard InChI is InChI=1S/C14H18ClN3O4/c1-8(2)18-12(19)6-17-13(20)7-22-14(21)9-3-4-10(15)11(16)5-9/h3-5,8H,6-7,16H2,1-2H3,(H,17,20)(H,18,19). The summed E-state index contributed by atoms with van der Waals surface area (Å²) in [6.45, 7) is 2.94. The van der Waals surface area contributed by atoms with Gasteiger partial charge in [-0.2, -0.15) is 0 Å². The van der Waals surface area contributed by atoms with Gasteiger partial charge in [0.25, 0.3) is 5.91 Å². The van der Waals surface area contributed by atoms with Gasteiger partial charge in [-0.25, -0.2) is 4.79 Å². The molecule has 8 heteroatoms. The van der Waals surface area contributed by atoms with Gasteiger partial charge in [-0.3, -0.25) is 9.59 Å². The van der Waals surface area contributed by atoms with Crippen LogP contribution in [0.2, 0.25) is 5.02 Å². The van der Waals surface area contributed by atoms with E-state index in [-0.39, 0.29) is 29.7 Å². The van der Waals surface area contributed by atoms with Crippen molar-refractivity contribution in [3.8, 4) is 0 Å². The van der Waals surface area contributed by atoms with Crippen molar-refractivity contribution in [1.82, 2.24) is 10.6 Å². The lowest BCUT2D eigenvalue weighted by molar-refractivity contribution is -0.128. The third-order valence-electron chi connectivity index (χ3n) is 2.46. The van der Waals surface area contributed by atoms with Crippen molar-refractivity contribution in [2.45, 2.75) is 19.9 Å². The molecule has 0 aromatic heterocycles. The second-order valence-electron chi connectivity index (χ2n) is 4.81. The number of ether oxygens (including phenoxy) is 1. The number of benzene rings is 1. The van der Waals surface area contributed by atoms with E-state index in [1.165, 1.54) is 18.2 Å². The van der Waals surface area contributed by atoms with Crippen molar-refractivity contribution < 1.29 is 19.1 Å². The first-order valence-electron chi connectivity index (χ1n) is 6.57. The number of nitrogen functional groups attached to an aromatic ring is 1. The average Bonchev–Trinajstić information content (AvgIpc) is 2.44. The molecule has 1 aromatic rings. The smallest absolute Gasteiger partial charge is 0.338 e. The highest BCUT2D eigenvalue weighted by molar-refractivity contribution is 6.33. The minimum absolute atomic E-state index is 0.0161. The summed E-state index contributed by atoms with van der Waals surface area (Å²) >= 11 is 5.74. The van der Waals surface area contributed by atoms with Gasteiger partial charge in [0.15, 0.2) is 6.61 Å². The van der Waals surface area contributed by atoms with E-state index >= 15 is 0 Å². The van der Waals surface area contributed by atoms with Crippen molar-refractivity contribution in [2.75, 3.05) is 18.9 Å². The Labute approximate surface area is 133 Å². The zero-order valence-electron chi connectivity index (χ0n) is 12.3. The molecule has 0 heterocycles. The highest BCUT2D eigenvalue weighted by Crippen LogP contribution is 2.19. The topological polar surface area (TPSA) is 111 Å². The van der Waals surface area contributed by atoms with Crippen molar-refractivity contribution in [2.24, 2.45) is 0 Å². The van der Waals surface area contributed by atoms with Crippen molar-refractivity contribution in [3.05, 3.63) is 28.8 Å². The molecule has 4 N–H and O–H groups in total. The predicted octanol–water partition coefficient (Wildman–Crippen LogP) is 0.720. The number of hydrogen-bond donors (Lipinski definition) is 3.